The highest BCUT2D eigenvalue weighted by Gasteiger charge is 2.30. The number of carboxylic acids is 1. The van der Waals surface area contributed by atoms with Crippen LogP contribution in [0.4, 0.5) is 13.2 Å². The van der Waals surface area contributed by atoms with Crippen LogP contribution in [0.5, 0.6) is 11.5 Å². The number of ether oxygens (including phenoxy) is 2. The van der Waals surface area contributed by atoms with Crippen molar-refractivity contribution in [3.05, 3.63) is 70.6 Å². The van der Waals surface area contributed by atoms with Crippen LogP contribution in [0.15, 0.2) is 54.6 Å². The Morgan fingerprint density at radius 3 is 2.40 bits per heavy atom. The zero-order chi connectivity index (χ0) is 21.9. The van der Waals surface area contributed by atoms with Crippen LogP contribution >= 0.6 is 11.3 Å². The standard InChI is InChI=1S/C22H19F3O4S/c1-13-11-17(7-8-18(13)28-12-21(26)27)29-14(2)19-9-10-20(30-19)15-3-5-16(6-4-15)22(23,24)25/h3-11,14H,12H2,1-2H3,(H,26,27). The summed E-state index contributed by atoms with van der Waals surface area (Å²) in [7, 11) is 0. The number of thiophene rings is 1. The first-order valence-electron chi connectivity index (χ1n) is 9.03. The Balaban J connectivity index is 1.68. The molecule has 1 heterocycles. The largest absolute Gasteiger partial charge is 0.485 e. The van der Waals surface area contributed by atoms with Crippen LogP contribution in [0.2, 0.25) is 0 Å². The molecule has 1 N–H and O–H groups in total. The summed E-state index contributed by atoms with van der Waals surface area (Å²) in [6.45, 7) is 3.26. The summed E-state index contributed by atoms with van der Waals surface area (Å²) in [6, 6.07) is 13.9. The first-order valence-corrected chi connectivity index (χ1v) is 9.84. The molecule has 0 aliphatic rings. The minimum Gasteiger partial charge on any atom is -0.485 e. The third-order valence-electron chi connectivity index (χ3n) is 4.33. The second kappa shape index (κ2) is 8.79. The number of hydrogen-bond donors (Lipinski definition) is 1. The van der Waals surface area contributed by atoms with Gasteiger partial charge in [-0.15, -0.1) is 11.3 Å². The molecule has 4 nitrogen and oxygen atoms in total. The molecule has 3 aromatic rings. The Morgan fingerprint density at radius 1 is 1.10 bits per heavy atom. The van der Waals surface area contributed by atoms with E-state index in [4.69, 9.17) is 14.6 Å². The molecule has 1 atom stereocenters. The predicted octanol–water partition coefficient (Wildman–Crippen LogP) is 6.35. The third-order valence-corrected chi connectivity index (χ3v) is 5.63. The van der Waals surface area contributed by atoms with Gasteiger partial charge in [-0.05, 0) is 67.4 Å². The molecule has 1 unspecified atom stereocenters. The molecule has 0 aliphatic carbocycles. The van der Waals surface area contributed by atoms with Crippen molar-refractivity contribution in [3.63, 3.8) is 0 Å². The zero-order valence-corrected chi connectivity index (χ0v) is 17.0. The van der Waals surface area contributed by atoms with Gasteiger partial charge >= 0.3 is 12.1 Å². The van der Waals surface area contributed by atoms with Gasteiger partial charge in [-0.3, -0.25) is 0 Å². The lowest BCUT2D eigenvalue weighted by atomic mass is 10.1. The second-order valence-electron chi connectivity index (χ2n) is 6.65. The van der Waals surface area contributed by atoms with Gasteiger partial charge in [-0.25, -0.2) is 4.79 Å². The van der Waals surface area contributed by atoms with Crippen molar-refractivity contribution >= 4 is 17.3 Å². The molecule has 158 valence electrons. The van der Waals surface area contributed by atoms with E-state index in [1.54, 1.807) is 25.1 Å². The quantitative estimate of drug-likeness (QED) is 0.469. The highest BCUT2D eigenvalue weighted by Crippen LogP contribution is 2.36. The van der Waals surface area contributed by atoms with Gasteiger partial charge in [0, 0.05) is 9.75 Å². The molecule has 1 aromatic heterocycles. The lowest BCUT2D eigenvalue weighted by Crippen LogP contribution is -2.10. The molecule has 0 fully saturated rings. The highest BCUT2D eigenvalue weighted by atomic mass is 32.1. The van der Waals surface area contributed by atoms with E-state index in [2.05, 4.69) is 0 Å². The summed E-state index contributed by atoms with van der Waals surface area (Å²) in [5.41, 5.74) is 0.783. The van der Waals surface area contributed by atoms with Crippen molar-refractivity contribution in [2.24, 2.45) is 0 Å². The van der Waals surface area contributed by atoms with Gasteiger partial charge in [0.15, 0.2) is 6.61 Å². The Bertz CT molecular complexity index is 1030. The predicted molar refractivity (Wildman–Crippen MR) is 108 cm³/mol. The molecule has 0 bridgehead atoms. The number of halogens is 3. The maximum absolute atomic E-state index is 12.7. The average Bonchev–Trinajstić information content (AvgIpc) is 3.17. The van der Waals surface area contributed by atoms with Crippen LogP contribution in [0.1, 0.15) is 29.0 Å². The molecule has 2 aromatic carbocycles. The molecule has 0 amide bonds. The fraction of sp³-hybridized carbons (Fsp3) is 0.227. The number of aliphatic carboxylic acids is 1. The van der Waals surface area contributed by atoms with E-state index in [1.165, 1.54) is 23.5 Å². The molecular weight excluding hydrogens is 417 g/mol. The van der Waals surface area contributed by atoms with Gasteiger partial charge in [0.2, 0.25) is 0 Å². The molecule has 0 saturated heterocycles. The monoisotopic (exact) mass is 436 g/mol. The number of carbonyl (C=O) groups is 1. The van der Waals surface area contributed by atoms with E-state index in [-0.39, 0.29) is 6.10 Å². The van der Waals surface area contributed by atoms with Crippen LogP contribution in [0.25, 0.3) is 10.4 Å². The highest BCUT2D eigenvalue weighted by molar-refractivity contribution is 7.15. The summed E-state index contributed by atoms with van der Waals surface area (Å²) in [4.78, 5) is 12.4. The lowest BCUT2D eigenvalue weighted by Gasteiger charge is -2.15. The first-order chi connectivity index (χ1) is 14.1. The maximum atomic E-state index is 12.7. The smallest absolute Gasteiger partial charge is 0.416 e. The Kier molecular flexibility index (Phi) is 6.36. The van der Waals surface area contributed by atoms with Crippen LogP contribution in [0, 0.1) is 6.92 Å². The van der Waals surface area contributed by atoms with Gasteiger partial charge in [-0.1, -0.05) is 12.1 Å². The normalized spacial score (nSPS) is 12.4. The van der Waals surface area contributed by atoms with Crippen molar-refractivity contribution in [2.75, 3.05) is 6.61 Å². The van der Waals surface area contributed by atoms with Crippen molar-refractivity contribution in [1.82, 2.24) is 0 Å². The van der Waals surface area contributed by atoms with Crippen molar-refractivity contribution in [2.45, 2.75) is 26.1 Å². The molecule has 0 saturated carbocycles. The molecule has 8 heteroatoms. The number of aryl methyl sites for hydroxylation is 1. The lowest BCUT2D eigenvalue weighted by molar-refractivity contribution is -0.139. The summed E-state index contributed by atoms with van der Waals surface area (Å²) < 4.78 is 49.3. The van der Waals surface area contributed by atoms with Crippen LogP contribution in [0.3, 0.4) is 0 Å². The van der Waals surface area contributed by atoms with Gasteiger partial charge in [0.1, 0.15) is 17.6 Å². The van der Waals surface area contributed by atoms with E-state index in [9.17, 15) is 18.0 Å². The summed E-state index contributed by atoms with van der Waals surface area (Å²) in [5.74, 6) is 0.0233. The van der Waals surface area contributed by atoms with Crippen molar-refractivity contribution in [3.8, 4) is 21.9 Å². The Labute approximate surface area is 175 Å². The van der Waals surface area contributed by atoms with Crippen molar-refractivity contribution in [1.29, 1.82) is 0 Å². The molecule has 0 spiro atoms. The summed E-state index contributed by atoms with van der Waals surface area (Å²) in [5, 5.41) is 8.70. The van der Waals surface area contributed by atoms with Crippen LogP contribution in [-0.4, -0.2) is 17.7 Å². The first kappa shape index (κ1) is 21.7. The van der Waals surface area contributed by atoms with Gasteiger partial charge in [0.25, 0.3) is 0 Å². The Hall–Kier alpha value is -3.00. The summed E-state index contributed by atoms with van der Waals surface area (Å²) >= 11 is 1.45. The average molecular weight is 436 g/mol. The minimum absolute atomic E-state index is 0.275. The number of carboxylic acid groups (broad SMARTS) is 1. The van der Waals surface area contributed by atoms with E-state index >= 15 is 0 Å². The zero-order valence-electron chi connectivity index (χ0n) is 16.2. The molecule has 0 aliphatic heterocycles. The topological polar surface area (TPSA) is 55.8 Å². The molecule has 3 rings (SSSR count). The molecule has 0 radical (unpaired) electrons. The Morgan fingerprint density at radius 2 is 1.80 bits per heavy atom. The maximum Gasteiger partial charge on any atom is 0.416 e. The minimum atomic E-state index is -4.35. The van der Waals surface area contributed by atoms with Crippen LogP contribution < -0.4 is 9.47 Å². The number of hydrogen-bond acceptors (Lipinski definition) is 4. The molecular formula is C22H19F3O4S. The van der Waals surface area contributed by atoms with E-state index < -0.39 is 24.3 Å². The number of rotatable bonds is 7. The SMILES string of the molecule is Cc1cc(OC(C)c2ccc(-c3ccc(C(F)(F)F)cc3)s2)ccc1OCC(=O)O. The van der Waals surface area contributed by atoms with E-state index in [0.717, 1.165) is 27.5 Å². The van der Waals surface area contributed by atoms with Gasteiger partial charge in [0.05, 0.1) is 5.56 Å². The van der Waals surface area contributed by atoms with E-state index in [0.29, 0.717) is 17.1 Å². The van der Waals surface area contributed by atoms with E-state index in [1.807, 2.05) is 19.1 Å². The van der Waals surface area contributed by atoms with Crippen molar-refractivity contribution < 1.29 is 32.5 Å². The summed E-state index contributed by atoms with van der Waals surface area (Å²) in [6.07, 6.45) is -4.63. The van der Waals surface area contributed by atoms with Gasteiger partial charge < -0.3 is 14.6 Å². The number of benzene rings is 2. The fourth-order valence-electron chi connectivity index (χ4n) is 2.81. The third kappa shape index (κ3) is 5.33. The van der Waals surface area contributed by atoms with Crippen LogP contribution in [-0.2, 0) is 11.0 Å². The molecule has 30 heavy (non-hydrogen) atoms. The van der Waals surface area contributed by atoms with Gasteiger partial charge in [-0.2, -0.15) is 13.2 Å². The fourth-order valence-corrected chi connectivity index (χ4v) is 3.80. The number of alkyl halides is 3. The second-order valence-corrected chi connectivity index (χ2v) is 7.76.